The Morgan fingerprint density at radius 2 is 1.73 bits per heavy atom. The molecule has 0 aliphatic carbocycles. The van der Waals surface area contributed by atoms with Crippen LogP contribution in [0.1, 0.15) is 16.7 Å². The number of aliphatic imine (C=N–C) groups is 1. The van der Waals surface area contributed by atoms with Gasteiger partial charge in [-0.3, -0.25) is 10.1 Å². The first-order chi connectivity index (χ1) is 15.8. The van der Waals surface area contributed by atoms with E-state index in [1.807, 2.05) is 18.2 Å². The largest absolute Gasteiger partial charge is 0.487 e. The monoisotopic (exact) mass is 634 g/mol. The minimum Gasteiger partial charge on any atom is -0.487 e. The van der Waals surface area contributed by atoms with Gasteiger partial charge in [-0.15, -0.1) is 0 Å². The van der Waals surface area contributed by atoms with E-state index >= 15 is 0 Å². The zero-order chi connectivity index (χ0) is 23.5. The van der Waals surface area contributed by atoms with Crippen LogP contribution in [-0.2, 0) is 16.1 Å². The van der Waals surface area contributed by atoms with Crippen molar-refractivity contribution in [3.05, 3.63) is 107 Å². The van der Waals surface area contributed by atoms with Gasteiger partial charge in [0.05, 0.1) is 19.4 Å². The van der Waals surface area contributed by atoms with E-state index in [-0.39, 0.29) is 23.9 Å². The van der Waals surface area contributed by atoms with E-state index in [0.717, 1.165) is 4.47 Å². The van der Waals surface area contributed by atoms with E-state index in [2.05, 4.69) is 52.8 Å². The van der Waals surface area contributed by atoms with Crippen LogP contribution in [0, 0.1) is 10.1 Å². The van der Waals surface area contributed by atoms with Crippen molar-refractivity contribution in [1.29, 1.82) is 0 Å². The molecule has 1 aliphatic rings. The second-order valence-electron chi connectivity index (χ2n) is 6.85. The lowest BCUT2D eigenvalue weighted by molar-refractivity contribution is -0.384. The van der Waals surface area contributed by atoms with E-state index in [1.165, 1.54) is 12.1 Å². The highest BCUT2D eigenvalue weighted by atomic mass is 79.9. The molecule has 7 nitrogen and oxygen atoms in total. The topological polar surface area (TPSA) is 91.0 Å². The molecule has 0 N–H and O–H groups in total. The maximum atomic E-state index is 12.3. The van der Waals surface area contributed by atoms with Gasteiger partial charge in [-0.2, -0.15) is 0 Å². The van der Waals surface area contributed by atoms with Crippen LogP contribution in [0.4, 0.5) is 5.69 Å². The Labute approximate surface area is 213 Å². The standard InChI is InChI=1S/C23H13Br3N2O5/c24-17-7-2-1-6-16(17)22-27-20(23(29)33-22)11-14-9-18(25)21(19(26)10-14)32-12-13-4-3-5-15(8-13)28(30)31/h1-11H,12H2/b20-11-. The second-order valence-corrected chi connectivity index (χ2v) is 9.41. The lowest BCUT2D eigenvalue weighted by Gasteiger charge is -2.11. The first-order valence-corrected chi connectivity index (χ1v) is 11.8. The molecule has 0 fully saturated rings. The molecule has 3 aromatic rings. The highest BCUT2D eigenvalue weighted by Crippen LogP contribution is 2.36. The van der Waals surface area contributed by atoms with Gasteiger partial charge in [-0.1, -0.05) is 24.3 Å². The molecule has 0 bridgehead atoms. The Morgan fingerprint density at radius 3 is 2.42 bits per heavy atom. The van der Waals surface area contributed by atoms with E-state index in [9.17, 15) is 14.9 Å². The van der Waals surface area contributed by atoms with Crippen LogP contribution in [-0.4, -0.2) is 16.8 Å². The zero-order valence-electron chi connectivity index (χ0n) is 16.6. The number of hydrogen-bond donors (Lipinski definition) is 0. The summed E-state index contributed by atoms with van der Waals surface area (Å²) < 4.78 is 13.2. The predicted octanol–water partition coefficient (Wildman–Crippen LogP) is 6.81. The number of ether oxygens (including phenoxy) is 2. The van der Waals surface area contributed by atoms with Crippen LogP contribution >= 0.6 is 47.8 Å². The van der Waals surface area contributed by atoms with Crippen molar-refractivity contribution in [3.8, 4) is 5.75 Å². The Bertz CT molecular complexity index is 1310. The molecule has 0 atom stereocenters. The lowest BCUT2D eigenvalue weighted by Crippen LogP contribution is -2.05. The van der Waals surface area contributed by atoms with Gasteiger partial charge in [0, 0.05) is 16.6 Å². The van der Waals surface area contributed by atoms with Crippen LogP contribution < -0.4 is 4.74 Å². The van der Waals surface area contributed by atoms with Gasteiger partial charge in [0.15, 0.2) is 5.70 Å². The number of nitrogens with zero attached hydrogens (tertiary/aromatic N) is 2. The van der Waals surface area contributed by atoms with Crippen molar-refractivity contribution in [2.24, 2.45) is 4.99 Å². The third-order valence-electron chi connectivity index (χ3n) is 4.55. The molecular formula is C23H13Br3N2O5. The number of benzene rings is 3. The summed E-state index contributed by atoms with van der Waals surface area (Å²) in [6.07, 6.45) is 1.62. The highest BCUT2D eigenvalue weighted by Gasteiger charge is 2.25. The predicted molar refractivity (Wildman–Crippen MR) is 134 cm³/mol. The van der Waals surface area contributed by atoms with Crippen molar-refractivity contribution in [3.63, 3.8) is 0 Å². The Balaban J connectivity index is 1.55. The average molecular weight is 637 g/mol. The summed E-state index contributed by atoms with van der Waals surface area (Å²) >= 11 is 10.4. The molecule has 0 saturated heterocycles. The molecule has 0 unspecified atom stereocenters. The average Bonchev–Trinajstić information content (AvgIpc) is 3.13. The quantitative estimate of drug-likeness (QED) is 0.128. The van der Waals surface area contributed by atoms with Crippen LogP contribution in [0.25, 0.3) is 6.08 Å². The van der Waals surface area contributed by atoms with Crippen LogP contribution in [0.2, 0.25) is 0 Å². The second kappa shape index (κ2) is 9.98. The molecule has 0 amide bonds. The van der Waals surface area contributed by atoms with E-state index in [4.69, 9.17) is 9.47 Å². The van der Waals surface area contributed by atoms with Crippen molar-refractivity contribution >= 4 is 71.4 Å². The number of hydrogen-bond acceptors (Lipinski definition) is 6. The fourth-order valence-electron chi connectivity index (χ4n) is 3.03. The van der Waals surface area contributed by atoms with Gasteiger partial charge >= 0.3 is 5.97 Å². The third-order valence-corrected chi connectivity index (χ3v) is 6.42. The van der Waals surface area contributed by atoms with Gasteiger partial charge in [-0.05, 0) is 89.3 Å². The fourth-order valence-corrected chi connectivity index (χ4v) is 4.94. The molecule has 4 rings (SSSR count). The number of halogens is 3. The van der Waals surface area contributed by atoms with E-state index < -0.39 is 10.9 Å². The first kappa shape index (κ1) is 23.3. The van der Waals surface area contributed by atoms with Gasteiger partial charge in [0.2, 0.25) is 5.90 Å². The van der Waals surface area contributed by atoms with Gasteiger partial charge < -0.3 is 9.47 Å². The van der Waals surface area contributed by atoms with E-state index in [0.29, 0.717) is 31.4 Å². The van der Waals surface area contributed by atoms with Crippen molar-refractivity contribution in [2.75, 3.05) is 0 Å². The molecule has 166 valence electrons. The van der Waals surface area contributed by atoms with Gasteiger partial charge in [0.1, 0.15) is 12.4 Å². The fraction of sp³-hybridized carbons (Fsp3) is 0.0435. The minimum absolute atomic E-state index is 0.00195. The number of nitro groups is 1. The first-order valence-electron chi connectivity index (χ1n) is 9.44. The van der Waals surface area contributed by atoms with Crippen LogP contribution in [0.3, 0.4) is 0 Å². The summed E-state index contributed by atoms with van der Waals surface area (Å²) in [6, 6.07) is 17.1. The zero-order valence-corrected chi connectivity index (χ0v) is 21.4. The number of carbonyl (C=O) groups excluding carboxylic acids is 1. The van der Waals surface area contributed by atoms with Crippen molar-refractivity contribution < 1.29 is 19.2 Å². The molecule has 33 heavy (non-hydrogen) atoms. The molecule has 10 heteroatoms. The molecule has 0 saturated carbocycles. The van der Waals surface area contributed by atoms with Gasteiger partial charge in [-0.25, -0.2) is 9.79 Å². The lowest BCUT2D eigenvalue weighted by atomic mass is 10.2. The maximum absolute atomic E-state index is 12.3. The molecule has 1 heterocycles. The number of non-ortho nitro benzene ring substituents is 1. The molecule has 0 spiro atoms. The molecular weight excluding hydrogens is 624 g/mol. The number of rotatable bonds is 6. The Hall–Kier alpha value is -2.82. The van der Waals surface area contributed by atoms with Crippen LogP contribution in [0.5, 0.6) is 5.75 Å². The summed E-state index contributed by atoms with van der Waals surface area (Å²) in [6.45, 7) is 0.144. The smallest absolute Gasteiger partial charge is 0.363 e. The summed E-state index contributed by atoms with van der Waals surface area (Å²) in [5, 5.41) is 11.0. The number of nitro benzene ring substituents is 1. The number of esters is 1. The summed E-state index contributed by atoms with van der Waals surface area (Å²) in [7, 11) is 0. The maximum Gasteiger partial charge on any atom is 0.363 e. The SMILES string of the molecule is O=C1OC(c2ccccc2Br)=N/C1=C\c1cc(Br)c(OCc2cccc([N+](=O)[O-])c2)c(Br)c1. The van der Waals surface area contributed by atoms with Crippen molar-refractivity contribution in [2.45, 2.75) is 6.61 Å². The van der Waals surface area contributed by atoms with Gasteiger partial charge in [0.25, 0.3) is 5.69 Å². The summed E-state index contributed by atoms with van der Waals surface area (Å²) in [5.41, 5.74) is 2.21. The molecule has 0 aromatic heterocycles. The van der Waals surface area contributed by atoms with Crippen LogP contribution in [0.15, 0.2) is 84.8 Å². The van der Waals surface area contributed by atoms with E-state index in [1.54, 1.807) is 36.4 Å². The highest BCUT2D eigenvalue weighted by molar-refractivity contribution is 9.11. The number of carbonyl (C=O) groups is 1. The Morgan fingerprint density at radius 1 is 1.00 bits per heavy atom. The molecule has 3 aromatic carbocycles. The normalized spacial score (nSPS) is 14.2. The van der Waals surface area contributed by atoms with Crippen molar-refractivity contribution in [1.82, 2.24) is 0 Å². The number of cyclic esters (lactones) is 1. The molecule has 1 aliphatic heterocycles. The Kier molecular flexibility index (Phi) is 7.06. The molecule has 0 radical (unpaired) electrons. The minimum atomic E-state index is -0.543. The third kappa shape index (κ3) is 5.40. The summed E-state index contributed by atoms with van der Waals surface area (Å²) in [4.78, 5) is 27.2. The summed E-state index contributed by atoms with van der Waals surface area (Å²) in [5.74, 6) is 0.211.